The molecule has 1 atom stereocenters. The molecule has 0 radical (unpaired) electrons. The van der Waals surface area contributed by atoms with Crippen LogP contribution in [0.15, 0.2) is 0 Å². The summed E-state index contributed by atoms with van der Waals surface area (Å²) in [5, 5.41) is 0. The number of esters is 1. The van der Waals surface area contributed by atoms with Crippen molar-refractivity contribution >= 4 is 5.97 Å². The predicted octanol–water partition coefficient (Wildman–Crippen LogP) is 7.98. The number of hydrogen-bond donors (Lipinski definition) is 0. The van der Waals surface area contributed by atoms with Crippen LogP contribution < -0.4 is 0 Å². The molecule has 0 aromatic heterocycles. The Labute approximate surface area is 163 Å². The zero-order valence-electron chi connectivity index (χ0n) is 17.7. The van der Waals surface area contributed by atoms with E-state index in [-0.39, 0.29) is 11.9 Å². The van der Waals surface area contributed by atoms with Gasteiger partial charge in [0.15, 0.2) is 0 Å². The number of carbonyl (C=O) groups excluding carboxylic acids is 1. The number of carbonyl (C=O) groups is 1. The molecule has 0 aliphatic carbocycles. The number of ether oxygens (including phenoxy) is 1. The van der Waals surface area contributed by atoms with Gasteiger partial charge in [-0.05, 0) is 19.3 Å². The summed E-state index contributed by atoms with van der Waals surface area (Å²) in [6.45, 7) is 2.92. The Bertz CT molecular complexity index is 313. The van der Waals surface area contributed by atoms with Crippen LogP contribution in [0.25, 0.3) is 0 Å². The quantitative estimate of drug-likeness (QED) is 0.273. The molecule has 2 nitrogen and oxygen atoms in total. The highest BCUT2D eigenvalue weighted by atomic mass is 16.5. The first-order valence-corrected chi connectivity index (χ1v) is 12.0. The first-order chi connectivity index (χ1) is 12.8. The summed E-state index contributed by atoms with van der Waals surface area (Å²) in [6.07, 6.45) is 25.9. The predicted molar refractivity (Wildman–Crippen MR) is 112 cm³/mol. The molecular weight excluding hydrogens is 320 g/mol. The minimum Gasteiger partial charge on any atom is -0.465 e. The molecule has 1 heterocycles. The van der Waals surface area contributed by atoms with Crippen molar-refractivity contribution in [2.75, 3.05) is 6.61 Å². The third-order valence-electron chi connectivity index (χ3n) is 5.93. The number of cyclic esters (lactones) is 1. The van der Waals surface area contributed by atoms with E-state index in [1.54, 1.807) is 0 Å². The fourth-order valence-corrected chi connectivity index (χ4v) is 4.10. The first-order valence-electron chi connectivity index (χ1n) is 12.0. The molecule has 0 aromatic carbocycles. The van der Waals surface area contributed by atoms with Crippen LogP contribution in [0.5, 0.6) is 0 Å². The van der Waals surface area contributed by atoms with Gasteiger partial charge in [0.1, 0.15) is 0 Å². The zero-order chi connectivity index (χ0) is 18.7. The lowest BCUT2D eigenvalue weighted by molar-refractivity contribution is -0.149. The van der Waals surface area contributed by atoms with Gasteiger partial charge in [-0.15, -0.1) is 0 Å². The van der Waals surface area contributed by atoms with Crippen LogP contribution in [0.2, 0.25) is 0 Å². The third kappa shape index (κ3) is 13.6. The van der Waals surface area contributed by atoms with E-state index in [4.69, 9.17) is 4.74 Å². The summed E-state index contributed by atoms with van der Waals surface area (Å²) in [7, 11) is 0. The van der Waals surface area contributed by atoms with Crippen molar-refractivity contribution in [3.05, 3.63) is 0 Å². The standard InChI is InChI=1S/C24H46O2/c1-2-3-4-5-6-7-8-11-14-17-20-23-21-18-15-12-9-10-13-16-19-22-26-24(23)25/h23H,2-22H2,1H3. The molecular formula is C24H46O2. The fourth-order valence-electron chi connectivity index (χ4n) is 4.10. The van der Waals surface area contributed by atoms with Crippen LogP contribution in [0.3, 0.4) is 0 Å². The second kappa shape index (κ2) is 17.9. The first kappa shape index (κ1) is 23.5. The molecule has 26 heavy (non-hydrogen) atoms. The van der Waals surface area contributed by atoms with Crippen LogP contribution in [0.4, 0.5) is 0 Å². The van der Waals surface area contributed by atoms with Crippen LogP contribution in [0, 0.1) is 5.92 Å². The lowest BCUT2D eigenvalue weighted by Gasteiger charge is -2.16. The Hall–Kier alpha value is -0.530. The lowest BCUT2D eigenvalue weighted by atomic mass is 9.94. The second-order valence-electron chi connectivity index (χ2n) is 8.45. The van der Waals surface area contributed by atoms with Crippen molar-refractivity contribution in [1.82, 2.24) is 0 Å². The minimum atomic E-state index is 0.0974. The average molecular weight is 367 g/mol. The molecule has 0 amide bonds. The maximum absolute atomic E-state index is 12.4. The molecule has 1 unspecified atom stereocenters. The SMILES string of the molecule is CCCCCCCCCCCCC1CCCCCCCCCCOC1=O. The Balaban J connectivity index is 2.11. The van der Waals surface area contributed by atoms with E-state index in [1.807, 2.05) is 0 Å². The van der Waals surface area contributed by atoms with Crippen molar-refractivity contribution in [1.29, 1.82) is 0 Å². The van der Waals surface area contributed by atoms with E-state index in [0.717, 1.165) is 19.3 Å². The van der Waals surface area contributed by atoms with Crippen molar-refractivity contribution in [2.45, 2.75) is 135 Å². The van der Waals surface area contributed by atoms with Gasteiger partial charge in [0.2, 0.25) is 0 Å². The summed E-state index contributed by atoms with van der Waals surface area (Å²) in [5.41, 5.74) is 0. The Morgan fingerprint density at radius 1 is 0.692 bits per heavy atom. The minimum absolute atomic E-state index is 0.0974. The van der Waals surface area contributed by atoms with Crippen molar-refractivity contribution in [3.8, 4) is 0 Å². The zero-order valence-corrected chi connectivity index (χ0v) is 17.7. The molecule has 2 heteroatoms. The molecule has 0 N–H and O–H groups in total. The molecule has 0 saturated carbocycles. The van der Waals surface area contributed by atoms with Gasteiger partial charge in [-0.3, -0.25) is 4.79 Å². The third-order valence-corrected chi connectivity index (χ3v) is 5.93. The summed E-state index contributed by atoms with van der Waals surface area (Å²) >= 11 is 0. The summed E-state index contributed by atoms with van der Waals surface area (Å²) in [4.78, 5) is 12.4. The molecule has 1 saturated heterocycles. The Morgan fingerprint density at radius 2 is 1.19 bits per heavy atom. The summed E-state index contributed by atoms with van der Waals surface area (Å²) in [6, 6.07) is 0. The topological polar surface area (TPSA) is 26.3 Å². The molecule has 0 aromatic rings. The van der Waals surface area contributed by atoms with Crippen LogP contribution in [0.1, 0.15) is 135 Å². The molecule has 1 aliphatic rings. The van der Waals surface area contributed by atoms with Crippen LogP contribution in [-0.4, -0.2) is 12.6 Å². The highest BCUT2D eigenvalue weighted by Gasteiger charge is 2.19. The van der Waals surface area contributed by atoms with E-state index < -0.39 is 0 Å². The highest BCUT2D eigenvalue weighted by molar-refractivity contribution is 5.72. The molecule has 1 rings (SSSR count). The van der Waals surface area contributed by atoms with Gasteiger partial charge in [-0.25, -0.2) is 0 Å². The van der Waals surface area contributed by atoms with E-state index in [1.165, 1.54) is 109 Å². The Kier molecular flexibility index (Phi) is 16.2. The average Bonchev–Trinajstić information content (AvgIpc) is 2.66. The van der Waals surface area contributed by atoms with Crippen LogP contribution in [-0.2, 0) is 9.53 Å². The van der Waals surface area contributed by atoms with E-state index >= 15 is 0 Å². The number of rotatable bonds is 11. The van der Waals surface area contributed by atoms with Gasteiger partial charge >= 0.3 is 5.97 Å². The van der Waals surface area contributed by atoms with E-state index in [2.05, 4.69) is 6.92 Å². The summed E-state index contributed by atoms with van der Waals surface area (Å²) < 4.78 is 5.57. The fraction of sp³-hybridized carbons (Fsp3) is 0.958. The van der Waals surface area contributed by atoms with Crippen molar-refractivity contribution in [2.24, 2.45) is 5.92 Å². The van der Waals surface area contributed by atoms with Crippen LogP contribution >= 0.6 is 0 Å². The van der Waals surface area contributed by atoms with E-state index in [9.17, 15) is 4.79 Å². The second-order valence-corrected chi connectivity index (χ2v) is 8.45. The summed E-state index contributed by atoms with van der Waals surface area (Å²) in [5.74, 6) is 0.268. The smallest absolute Gasteiger partial charge is 0.308 e. The van der Waals surface area contributed by atoms with Crippen molar-refractivity contribution in [3.63, 3.8) is 0 Å². The van der Waals surface area contributed by atoms with Gasteiger partial charge in [0.25, 0.3) is 0 Å². The van der Waals surface area contributed by atoms with Gasteiger partial charge in [0, 0.05) is 0 Å². The van der Waals surface area contributed by atoms with Gasteiger partial charge in [-0.2, -0.15) is 0 Å². The molecule has 154 valence electrons. The maximum atomic E-state index is 12.4. The Morgan fingerprint density at radius 3 is 1.81 bits per heavy atom. The lowest BCUT2D eigenvalue weighted by Crippen LogP contribution is -2.18. The maximum Gasteiger partial charge on any atom is 0.308 e. The monoisotopic (exact) mass is 366 g/mol. The molecule has 0 bridgehead atoms. The number of hydrogen-bond acceptors (Lipinski definition) is 2. The van der Waals surface area contributed by atoms with Gasteiger partial charge in [-0.1, -0.05) is 116 Å². The van der Waals surface area contributed by atoms with Gasteiger partial charge < -0.3 is 4.74 Å². The largest absolute Gasteiger partial charge is 0.465 e. The van der Waals surface area contributed by atoms with Crippen molar-refractivity contribution < 1.29 is 9.53 Å². The number of unbranched alkanes of at least 4 members (excludes halogenated alkanes) is 9. The molecule has 1 aliphatic heterocycles. The highest BCUT2D eigenvalue weighted by Crippen LogP contribution is 2.22. The van der Waals surface area contributed by atoms with E-state index in [0.29, 0.717) is 6.61 Å². The molecule has 0 spiro atoms. The van der Waals surface area contributed by atoms with Gasteiger partial charge in [0.05, 0.1) is 12.5 Å². The molecule has 1 fully saturated rings. The normalized spacial score (nSPS) is 20.7.